The van der Waals surface area contributed by atoms with Crippen molar-refractivity contribution in [1.29, 1.82) is 0 Å². The van der Waals surface area contributed by atoms with Gasteiger partial charge in [0.25, 0.3) is 5.91 Å². The summed E-state index contributed by atoms with van der Waals surface area (Å²) in [6.45, 7) is 10.9. The average molecular weight is 800 g/mol. The number of anilines is 2. The number of methoxy groups -OCH3 is 1. The van der Waals surface area contributed by atoms with Gasteiger partial charge in [-0.1, -0.05) is 44.4 Å². The molecule has 59 heavy (non-hydrogen) atoms. The number of amides is 3. The Labute approximate surface area is 346 Å². The molecule has 2 aromatic heterocycles. The van der Waals surface area contributed by atoms with Gasteiger partial charge in [0.2, 0.25) is 5.88 Å². The molecule has 1 aliphatic carbocycles. The minimum Gasteiger partial charge on any atom is -0.439 e. The Hall–Kier alpha value is -6.07. The zero-order chi connectivity index (χ0) is 41.8. The normalized spacial score (nSPS) is 12.3. The number of terminal acetylenes is 1. The first-order valence-electron chi connectivity index (χ1n) is 19.9. The molecule has 13 nitrogen and oxygen atoms in total. The molecule has 13 heteroatoms. The SMILES string of the molecule is C#Cc1cc(Cc2nccc(Oc3ccc(NC(=O)Nc4cc(C(C)(C)C)nn4-c4ccc(C)cc4)c4c3CCCC4)n2)cc(C(=O)NCCOCCOCCOC)c1. The standard InChI is InChI=1S/C46H53N7O6/c1-7-32-26-33(28-34(27-32)44(54)48-20-21-57-24-25-58-23-22-56-6)29-41-47-19-18-43(50-41)59-39-17-16-38(36-10-8-9-11-37(36)39)49-45(55)51-42-30-40(46(3,4)5)52-53(42)35-14-12-31(2)13-15-35/h1,12-19,26-28,30H,8-11,20-25,29H2,2-6H3,(H,48,54)(H2,49,51,55). The van der Waals surface area contributed by atoms with Crippen molar-refractivity contribution in [3.05, 3.63) is 118 Å². The van der Waals surface area contributed by atoms with Crippen molar-refractivity contribution < 1.29 is 28.5 Å². The number of hydrogen-bond donors (Lipinski definition) is 3. The maximum absolute atomic E-state index is 13.6. The van der Waals surface area contributed by atoms with E-state index in [9.17, 15) is 9.59 Å². The Morgan fingerprint density at radius 3 is 2.37 bits per heavy atom. The summed E-state index contributed by atoms with van der Waals surface area (Å²) in [4.78, 5) is 35.8. The summed E-state index contributed by atoms with van der Waals surface area (Å²) in [6, 6.07) is 20.4. The lowest BCUT2D eigenvalue weighted by atomic mass is 9.89. The fraction of sp³-hybridized carbons (Fsp3) is 0.370. The van der Waals surface area contributed by atoms with Crippen LogP contribution in [0.15, 0.2) is 72.9 Å². The van der Waals surface area contributed by atoms with E-state index in [1.54, 1.807) is 36.2 Å². The van der Waals surface area contributed by atoms with Crippen LogP contribution >= 0.6 is 0 Å². The predicted octanol–water partition coefficient (Wildman–Crippen LogP) is 7.56. The summed E-state index contributed by atoms with van der Waals surface area (Å²) in [5.41, 5.74) is 7.25. The second-order valence-corrected chi connectivity index (χ2v) is 15.4. The highest BCUT2D eigenvalue weighted by Crippen LogP contribution is 2.37. The number of aromatic nitrogens is 4. The molecule has 2 heterocycles. The third-order valence-corrected chi connectivity index (χ3v) is 9.75. The van der Waals surface area contributed by atoms with Gasteiger partial charge in [-0.3, -0.25) is 10.1 Å². The zero-order valence-electron chi connectivity index (χ0n) is 34.5. The molecule has 308 valence electrons. The lowest BCUT2D eigenvalue weighted by molar-refractivity contribution is 0.0255. The van der Waals surface area contributed by atoms with Gasteiger partial charge in [-0.2, -0.15) is 10.1 Å². The minimum atomic E-state index is -0.361. The minimum absolute atomic E-state index is 0.214. The topological polar surface area (TPSA) is 151 Å². The number of ether oxygens (including phenoxy) is 4. The van der Waals surface area contributed by atoms with Gasteiger partial charge < -0.3 is 29.6 Å². The molecule has 0 atom stereocenters. The van der Waals surface area contributed by atoms with Crippen LogP contribution in [-0.2, 0) is 38.9 Å². The van der Waals surface area contributed by atoms with Gasteiger partial charge in [0.1, 0.15) is 17.4 Å². The highest BCUT2D eigenvalue weighted by Gasteiger charge is 2.24. The van der Waals surface area contributed by atoms with Crippen molar-refractivity contribution in [2.45, 2.75) is 65.2 Å². The third kappa shape index (κ3) is 11.8. The van der Waals surface area contributed by atoms with E-state index in [4.69, 9.17) is 35.5 Å². The van der Waals surface area contributed by atoms with Crippen molar-refractivity contribution in [1.82, 2.24) is 25.1 Å². The summed E-state index contributed by atoms with van der Waals surface area (Å²) in [7, 11) is 1.62. The number of fused-ring (bicyclic) bond motifs is 1. The molecule has 0 unspecified atom stereocenters. The van der Waals surface area contributed by atoms with Gasteiger partial charge in [-0.05, 0) is 86.2 Å². The summed E-state index contributed by atoms with van der Waals surface area (Å²) < 4.78 is 24.0. The third-order valence-electron chi connectivity index (χ3n) is 9.75. The van der Waals surface area contributed by atoms with Gasteiger partial charge in [-0.25, -0.2) is 14.5 Å². The van der Waals surface area contributed by atoms with Crippen LogP contribution in [0.1, 0.15) is 83.3 Å². The molecule has 5 aromatic rings. The molecule has 0 fully saturated rings. The fourth-order valence-electron chi connectivity index (χ4n) is 6.67. The molecule has 3 amide bonds. The van der Waals surface area contributed by atoms with Crippen molar-refractivity contribution in [2.24, 2.45) is 0 Å². The Morgan fingerprint density at radius 1 is 0.881 bits per heavy atom. The van der Waals surface area contributed by atoms with Crippen LogP contribution in [0, 0.1) is 19.3 Å². The van der Waals surface area contributed by atoms with Crippen molar-refractivity contribution in [3.63, 3.8) is 0 Å². The molecule has 0 aliphatic heterocycles. The van der Waals surface area contributed by atoms with E-state index in [0.717, 1.165) is 65.0 Å². The summed E-state index contributed by atoms with van der Waals surface area (Å²) in [5.74, 6) is 4.53. The summed E-state index contributed by atoms with van der Waals surface area (Å²) in [5, 5.41) is 13.9. The molecule has 1 aliphatic rings. The van der Waals surface area contributed by atoms with E-state index >= 15 is 0 Å². The van der Waals surface area contributed by atoms with E-state index in [1.807, 2.05) is 55.5 Å². The molecule has 0 saturated carbocycles. The number of carbonyl (C=O) groups is 2. The highest BCUT2D eigenvalue weighted by molar-refractivity contribution is 6.00. The van der Waals surface area contributed by atoms with Gasteiger partial charge in [0.05, 0.1) is 44.4 Å². The number of urea groups is 1. The van der Waals surface area contributed by atoms with Crippen molar-refractivity contribution in [2.75, 3.05) is 57.3 Å². The van der Waals surface area contributed by atoms with Gasteiger partial charge in [-0.15, -0.1) is 6.42 Å². The second kappa shape index (κ2) is 20.1. The summed E-state index contributed by atoms with van der Waals surface area (Å²) >= 11 is 0. The lowest BCUT2D eigenvalue weighted by Gasteiger charge is -2.23. The molecular weight excluding hydrogens is 747 g/mol. The first-order valence-corrected chi connectivity index (χ1v) is 19.9. The number of hydrogen-bond acceptors (Lipinski definition) is 9. The van der Waals surface area contributed by atoms with Gasteiger partial charge in [0, 0.05) is 66.2 Å². The maximum atomic E-state index is 13.6. The Morgan fingerprint density at radius 2 is 1.63 bits per heavy atom. The van der Waals surface area contributed by atoms with Crippen molar-refractivity contribution >= 4 is 23.4 Å². The molecule has 3 aromatic carbocycles. The number of benzene rings is 3. The van der Waals surface area contributed by atoms with Gasteiger partial charge in [0.15, 0.2) is 0 Å². The molecule has 0 spiro atoms. The lowest BCUT2D eigenvalue weighted by Crippen LogP contribution is -2.28. The largest absolute Gasteiger partial charge is 0.439 e. The first-order chi connectivity index (χ1) is 28.5. The maximum Gasteiger partial charge on any atom is 0.324 e. The molecule has 3 N–H and O–H groups in total. The first kappa shape index (κ1) is 42.5. The molecule has 0 radical (unpaired) electrons. The van der Waals surface area contributed by atoms with E-state index in [0.29, 0.717) is 80.4 Å². The number of carbonyl (C=O) groups excluding carboxylic acids is 2. The fourth-order valence-corrected chi connectivity index (χ4v) is 6.67. The van der Waals surface area contributed by atoms with Crippen LogP contribution < -0.4 is 20.7 Å². The number of nitrogens with one attached hydrogen (secondary N) is 3. The Balaban J connectivity index is 1.11. The Kier molecular flexibility index (Phi) is 14.5. The van der Waals surface area contributed by atoms with Crippen LogP contribution in [-0.4, -0.2) is 78.4 Å². The smallest absolute Gasteiger partial charge is 0.324 e. The second-order valence-electron chi connectivity index (χ2n) is 15.4. The highest BCUT2D eigenvalue weighted by atomic mass is 16.5. The van der Waals surface area contributed by atoms with Crippen LogP contribution in [0.5, 0.6) is 11.6 Å². The predicted molar refractivity (Wildman–Crippen MR) is 228 cm³/mol. The molecule has 0 saturated heterocycles. The van der Waals surface area contributed by atoms with E-state index < -0.39 is 0 Å². The monoisotopic (exact) mass is 799 g/mol. The van der Waals surface area contributed by atoms with E-state index in [2.05, 4.69) is 47.6 Å². The van der Waals surface area contributed by atoms with Gasteiger partial charge >= 0.3 is 6.03 Å². The molecule has 0 bridgehead atoms. The quantitative estimate of drug-likeness (QED) is 0.0640. The van der Waals surface area contributed by atoms with E-state index in [1.165, 1.54) is 0 Å². The zero-order valence-corrected chi connectivity index (χ0v) is 34.5. The van der Waals surface area contributed by atoms with Crippen LogP contribution in [0.4, 0.5) is 16.3 Å². The van der Waals surface area contributed by atoms with E-state index in [-0.39, 0.29) is 17.4 Å². The van der Waals surface area contributed by atoms with Crippen LogP contribution in [0.25, 0.3) is 5.69 Å². The number of aryl methyl sites for hydroxylation is 1. The Bertz CT molecular complexity index is 2270. The number of rotatable bonds is 17. The molecule has 6 rings (SSSR count). The summed E-state index contributed by atoms with van der Waals surface area (Å²) in [6.07, 6.45) is 11.3. The average Bonchev–Trinajstić information content (AvgIpc) is 3.65. The van der Waals surface area contributed by atoms with Crippen LogP contribution in [0.3, 0.4) is 0 Å². The van der Waals surface area contributed by atoms with Crippen molar-refractivity contribution in [3.8, 4) is 29.7 Å². The number of nitrogens with zero attached hydrogens (tertiary/aromatic N) is 4. The van der Waals surface area contributed by atoms with Crippen LogP contribution in [0.2, 0.25) is 0 Å². The molecular formula is C46H53N7O6.